The number of nitriles is 1. The van der Waals surface area contributed by atoms with Gasteiger partial charge in [0.15, 0.2) is 5.78 Å². The number of ketones is 1. The molecular weight excluding hydrogens is 587 g/mol. The molecule has 0 saturated heterocycles. The number of benzene rings is 1. The van der Waals surface area contributed by atoms with Gasteiger partial charge in [-0.2, -0.15) is 15.5 Å². The molecule has 0 aliphatic carbocycles. The Hall–Kier alpha value is -4.15. The van der Waals surface area contributed by atoms with Crippen molar-refractivity contribution in [1.29, 1.82) is 5.26 Å². The van der Waals surface area contributed by atoms with Crippen LogP contribution in [0.25, 0.3) is 15.2 Å². The average molecular weight is 625 g/mol. The zero-order valence-corrected chi connectivity index (χ0v) is 27.0. The van der Waals surface area contributed by atoms with Gasteiger partial charge in [-0.15, -0.1) is 4.80 Å². The van der Waals surface area contributed by atoms with E-state index in [2.05, 4.69) is 16.3 Å². The van der Waals surface area contributed by atoms with E-state index in [0.29, 0.717) is 26.7 Å². The normalized spacial score (nSPS) is 12.9. The van der Waals surface area contributed by atoms with Gasteiger partial charge in [-0.05, 0) is 58.7 Å². The van der Waals surface area contributed by atoms with Gasteiger partial charge in [-0.1, -0.05) is 25.2 Å². The number of halogens is 1. The van der Waals surface area contributed by atoms with Crippen molar-refractivity contribution in [2.45, 2.75) is 73.1 Å². The predicted molar refractivity (Wildman–Crippen MR) is 165 cm³/mol. The quantitative estimate of drug-likeness (QED) is 0.217. The van der Waals surface area contributed by atoms with Crippen LogP contribution in [-0.4, -0.2) is 43.6 Å². The fraction of sp³-hybridized carbons (Fsp3) is 0.484. The van der Waals surface area contributed by atoms with E-state index in [-0.39, 0.29) is 36.7 Å². The van der Waals surface area contributed by atoms with Gasteiger partial charge in [0, 0.05) is 17.5 Å². The highest BCUT2D eigenvalue weighted by molar-refractivity contribution is 7.21. The first-order chi connectivity index (χ1) is 20.6. The SMILES string of the molecule is COc1ccc(F)cc1[C@H](Cn1c(=O)n(C(C)(C)C(=O)CC(C)C)c(=O)c2c(C)c(-n3nccn3)sc21)OCC(C)(C)C#N. The molecule has 0 aliphatic heterocycles. The van der Waals surface area contributed by atoms with Gasteiger partial charge in [-0.3, -0.25) is 14.2 Å². The number of hydrogen-bond acceptors (Lipinski definition) is 9. The second kappa shape index (κ2) is 12.5. The molecule has 234 valence electrons. The number of aryl methyl sites for hydroxylation is 1. The third-order valence-electron chi connectivity index (χ3n) is 7.46. The predicted octanol–water partition coefficient (Wildman–Crippen LogP) is 4.92. The smallest absolute Gasteiger partial charge is 0.333 e. The second-order valence-corrected chi connectivity index (χ2v) is 13.3. The van der Waals surface area contributed by atoms with Crippen molar-refractivity contribution >= 4 is 27.3 Å². The number of fused-ring (bicyclic) bond motifs is 1. The Labute approximate surface area is 258 Å². The van der Waals surface area contributed by atoms with Crippen LogP contribution >= 0.6 is 11.3 Å². The van der Waals surface area contributed by atoms with Crippen LogP contribution in [0, 0.1) is 35.4 Å². The molecule has 0 amide bonds. The van der Waals surface area contributed by atoms with Crippen LogP contribution in [0.15, 0.2) is 40.2 Å². The Kier molecular flexibility index (Phi) is 9.27. The second-order valence-electron chi connectivity index (χ2n) is 12.3. The number of thiophene rings is 1. The topological polar surface area (TPSA) is 134 Å². The lowest BCUT2D eigenvalue weighted by Crippen LogP contribution is -2.53. The summed E-state index contributed by atoms with van der Waals surface area (Å²) in [5, 5.41) is 18.8. The van der Waals surface area contributed by atoms with Crippen molar-refractivity contribution in [2.75, 3.05) is 13.7 Å². The zero-order chi connectivity index (χ0) is 32.6. The summed E-state index contributed by atoms with van der Waals surface area (Å²) in [6.45, 7) is 11.8. The van der Waals surface area contributed by atoms with Crippen LogP contribution < -0.4 is 16.0 Å². The molecule has 0 fully saturated rings. The molecule has 3 aromatic heterocycles. The van der Waals surface area contributed by atoms with Crippen LogP contribution in [-0.2, 0) is 21.6 Å². The summed E-state index contributed by atoms with van der Waals surface area (Å²) in [6, 6.07) is 6.15. The lowest BCUT2D eigenvalue weighted by Gasteiger charge is -2.29. The van der Waals surface area contributed by atoms with E-state index in [4.69, 9.17) is 9.47 Å². The number of ether oxygens (including phenoxy) is 2. The Bertz CT molecular complexity index is 1850. The van der Waals surface area contributed by atoms with Crippen molar-refractivity contribution in [2.24, 2.45) is 11.3 Å². The third-order valence-corrected chi connectivity index (χ3v) is 8.74. The molecule has 44 heavy (non-hydrogen) atoms. The van der Waals surface area contributed by atoms with E-state index in [1.54, 1.807) is 34.6 Å². The lowest BCUT2D eigenvalue weighted by atomic mass is 9.91. The Morgan fingerprint density at radius 1 is 1.16 bits per heavy atom. The highest BCUT2D eigenvalue weighted by atomic mass is 32.1. The van der Waals surface area contributed by atoms with Crippen LogP contribution in [0.1, 0.15) is 65.2 Å². The summed E-state index contributed by atoms with van der Waals surface area (Å²) in [6.07, 6.45) is 2.18. The molecule has 0 N–H and O–H groups in total. The largest absolute Gasteiger partial charge is 0.496 e. The molecule has 0 aliphatic rings. The highest BCUT2D eigenvalue weighted by Crippen LogP contribution is 2.35. The van der Waals surface area contributed by atoms with Gasteiger partial charge >= 0.3 is 5.69 Å². The van der Waals surface area contributed by atoms with Crippen LogP contribution in [0.2, 0.25) is 0 Å². The number of rotatable bonds is 12. The Morgan fingerprint density at radius 2 is 1.82 bits per heavy atom. The summed E-state index contributed by atoms with van der Waals surface area (Å²) in [7, 11) is 1.44. The molecule has 4 aromatic rings. The van der Waals surface area contributed by atoms with Gasteiger partial charge < -0.3 is 9.47 Å². The molecule has 1 aromatic carbocycles. The summed E-state index contributed by atoms with van der Waals surface area (Å²) in [4.78, 5) is 43.7. The Morgan fingerprint density at radius 3 is 2.41 bits per heavy atom. The Balaban J connectivity index is 2.04. The third kappa shape index (κ3) is 6.23. The van der Waals surface area contributed by atoms with Gasteiger partial charge in [0.1, 0.15) is 33.0 Å². The molecular formula is C31H37FN6O5S. The van der Waals surface area contributed by atoms with Crippen molar-refractivity contribution in [1.82, 2.24) is 24.1 Å². The summed E-state index contributed by atoms with van der Waals surface area (Å²) in [5.41, 5.74) is -2.87. The minimum atomic E-state index is -1.48. The standard InChI is InChI=1S/C31H37FN6O5S/c1-18(2)13-24(39)31(6,7)37-26(40)25-19(3)27(38-34-11-12-35-38)44-28(25)36(29(37)41)15-23(43-17-30(4,5)16-33)21-14-20(32)9-10-22(21)42-8/h9-12,14,18,23H,13,15,17H2,1-8H3/t23-/m0/s1. The molecule has 0 unspecified atom stereocenters. The van der Waals surface area contributed by atoms with Crippen LogP contribution in [0.5, 0.6) is 5.75 Å². The van der Waals surface area contributed by atoms with E-state index in [9.17, 15) is 24.0 Å². The molecule has 0 bridgehead atoms. The van der Waals surface area contributed by atoms with E-state index < -0.39 is 34.1 Å². The van der Waals surface area contributed by atoms with Gasteiger partial charge in [0.25, 0.3) is 5.56 Å². The number of nitrogens with zero attached hydrogens (tertiary/aromatic N) is 6. The number of aromatic nitrogens is 5. The first-order valence-corrected chi connectivity index (χ1v) is 15.0. The van der Waals surface area contributed by atoms with Crippen molar-refractivity contribution < 1.29 is 18.7 Å². The number of Topliss-reactive ketones (excluding diaryl/α,β-unsaturated/α-hetero) is 1. The van der Waals surface area contributed by atoms with E-state index in [1.807, 2.05) is 13.8 Å². The minimum Gasteiger partial charge on any atom is -0.496 e. The monoisotopic (exact) mass is 624 g/mol. The summed E-state index contributed by atoms with van der Waals surface area (Å²) >= 11 is 1.14. The molecule has 4 rings (SSSR count). The maximum Gasteiger partial charge on any atom is 0.333 e. The first kappa shape index (κ1) is 32.8. The lowest BCUT2D eigenvalue weighted by molar-refractivity contribution is -0.127. The van der Waals surface area contributed by atoms with E-state index in [1.165, 1.54) is 47.1 Å². The fourth-order valence-corrected chi connectivity index (χ4v) is 6.17. The highest BCUT2D eigenvalue weighted by Gasteiger charge is 2.36. The number of carbonyl (C=O) groups excluding carboxylic acids is 1. The molecule has 0 saturated carbocycles. The van der Waals surface area contributed by atoms with Crippen LogP contribution in [0.4, 0.5) is 4.39 Å². The number of hydrogen-bond donors (Lipinski definition) is 0. The van der Waals surface area contributed by atoms with E-state index >= 15 is 0 Å². The zero-order valence-electron chi connectivity index (χ0n) is 26.2. The van der Waals surface area contributed by atoms with Crippen molar-refractivity contribution in [3.05, 3.63) is 68.4 Å². The minimum absolute atomic E-state index is 0.00511. The molecule has 0 radical (unpaired) electrons. The number of carbonyl (C=O) groups is 1. The molecule has 0 spiro atoms. The summed E-state index contributed by atoms with van der Waals surface area (Å²) in [5.74, 6) is -0.490. The van der Waals surface area contributed by atoms with Crippen LogP contribution in [0.3, 0.4) is 0 Å². The number of methoxy groups -OCH3 is 1. The first-order valence-electron chi connectivity index (χ1n) is 14.2. The van der Waals surface area contributed by atoms with Crippen molar-refractivity contribution in [3.63, 3.8) is 0 Å². The molecule has 3 heterocycles. The molecule has 13 heteroatoms. The maximum atomic E-state index is 14.6. The van der Waals surface area contributed by atoms with Gasteiger partial charge in [0.2, 0.25) is 0 Å². The molecule has 11 nitrogen and oxygen atoms in total. The summed E-state index contributed by atoms with van der Waals surface area (Å²) < 4.78 is 28.7. The average Bonchev–Trinajstić information content (AvgIpc) is 3.60. The van der Waals surface area contributed by atoms with E-state index in [0.717, 1.165) is 15.9 Å². The maximum absolute atomic E-state index is 14.6. The van der Waals surface area contributed by atoms with Gasteiger partial charge in [0.05, 0.1) is 49.5 Å². The van der Waals surface area contributed by atoms with Gasteiger partial charge in [-0.25, -0.2) is 13.8 Å². The molecule has 1 atom stereocenters. The van der Waals surface area contributed by atoms with Crippen molar-refractivity contribution in [3.8, 4) is 16.8 Å². The fourth-order valence-electron chi connectivity index (χ4n) is 4.95.